The lowest BCUT2D eigenvalue weighted by Crippen LogP contribution is -2.75. The highest BCUT2D eigenvalue weighted by Gasteiger charge is 2.68. The van der Waals surface area contributed by atoms with Crippen LogP contribution >= 0.6 is 15.9 Å². The van der Waals surface area contributed by atoms with E-state index in [0.29, 0.717) is 0 Å². The fraction of sp³-hybridized carbons (Fsp3) is 0.615. The molecule has 136 valence electrons. The van der Waals surface area contributed by atoms with Crippen molar-refractivity contribution < 1.29 is 53.2 Å². The summed E-state index contributed by atoms with van der Waals surface area (Å²) in [6, 6.07) is 0. The first kappa shape index (κ1) is 17.3. The van der Waals surface area contributed by atoms with Crippen molar-refractivity contribution in [3.63, 3.8) is 0 Å². The monoisotopic (exact) mass is 415 g/mol. The maximum absolute atomic E-state index is 11.9. The number of aliphatic hydroxyl groups excluding tert-OH is 1. The van der Waals surface area contributed by atoms with Crippen molar-refractivity contribution in [1.29, 1.82) is 0 Å². The summed E-state index contributed by atoms with van der Waals surface area (Å²) in [5.74, 6) is -1.70. The van der Waals surface area contributed by atoms with Crippen molar-refractivity contribution >= 4 is 45.4 Å². The average Bonchev–Trinajstić information content (AvgIpc) is 2.50. The largest absolute Gasteiger partial charge is 0.467 e. The molecule has 0 fully saturated rings. The van der Waals surface area contributed by atoms with Gasteiger partial charge in [0.05, 0.1) is 7.11 Å². The zero-order valence-electron chi connectivity index (χ0n) is 15.3. The maximum Gasteiger partial charge on any atom is 0.337 e. The molecule has 0 aromatic rings. The predicted octanol–water partition coefficient (Wildman–Crippen LogP) is -2.60. The van der Waals surface area contributed by atoms with Crippen molar-refractivity contribution in [2.75, 3.05) is 7.11 Å². The molecule has 4 N–H and O–H groups in total. The molecule has 0 saturated carbocycles. The van der Waals surface area contributed by atoms with Gasteiger partial charge in [-0.05, 0) is 15.9 Å². The molecule has 0 bridgehead atoms. The van der Waals surface area contributed by atoms with Crippen LogP contribution in [0, 0.1) is 0 Å². The van der Waals surface area contributed by atoms with Gasteiger partial charge in [-0.2, -0.15) is 0 Å². The molecule has 0 amide bonds. The van der Waals surface area contributed by atoms with Gasteiger partial charge in [-0.25, -0.2) is 4.79 Å². The second kappa shape index (κ2) is 8.53. The topological polar surface area (TPSA) is 176 Å². The van der Waals surface area contributed by atoms with Crippen molar-refractivity contribution in [2.24, 2.45) is 0 Å². The van der Waals surface area contributed by atoms with Crippen molar-refractivity contribution in [3.05, 3.63) is 0 Å². The number of carbonyl (C=O) groups excluding carboxylic acids is 5. The molecule has 0 heterocycles. The summed E-state index contributed by atoms with van der Waals surface area (Å²) in [6.45, 7) is 0. The molecule has 0 aliphatic rings. The summed E-state index contributed by atoms with van der Waals surface area (Å²) in [4.78, 5) is 57.2. The second-order valence-electron chi connectivity index (χ2n) is 4.81. The lowest BCUT2D eigenvalue weighted by atomic mass is 9.64. The van der Waals surface area contributed by atoms with Crippen LogP contribution in [-0.2, 0) is 28.7 Å². The minimum absolute atomic E-state index is 0.721. The molecule has 0 aromatic carbocycles. The Hall–Kier alpha value is -1.53. The Labute approximate surface area is 148 Å². The highest BCUT2D eigenvalue weighted by atomic mass is 79.9. The van der Waals surface area contributed by atoms with Crippen LogP contribution in [0.4, 0.5) is 0 Å². The Kier molecular flexibility index (Phi) is 6.15. The van der Waals surface area contributed by atoms with Gasteiger partial charge in [-0.15, -0.1) is 0 Å². The van der Waals surface area contributed by atoms with E-state index in [1.165, 1.54) is 0 Å². The molecule has 0 aliphatic carbocycles. The van der Waals surface area contributed by atoms with Gasteiger partial charge in [0.25, 0.3) is 0 Å². The molecule has 0 unspecified atom stereocenters. The molecular weight excluding hydrogens is 396 g/mol. The number of hydrogen-bond acceptors (Lipinski definition) is 10. The minimum Gasteiger partial charge on any atom is -0.467 e. The summed E-state index contributed by atoms with van der Waals surface area (Å²) in [6.07, 6.45) is -12.9. The van der Waals surface area contributed by atoms with Crippen LogP contribution in [0.2, 0.25) is 0 Å². The molecule has 0 rings (SSSR count). The van der Waals surface area contributed by atoms with Gasteiger partial charge < -0.3 is 39.5 Å². The van der Waals surface area contributed by atoms with Crippen molar-refractivity contribution in [2.45, 2.75) is 42.2 Å². The summed E-state index contributed by atoms with van der Waals surface area (Å²) < 4.78 is 23.3. The molecule has 10 nitrogen and oxygen atoms in total. The highest BCUT2D eigenvalue weighted by Crippen LogP contribution is 2.43. The van der Waals surface area contributed by atoms with E-state index in [1.54, 1.807) is 0 Å². The molecule has 11 heteroatoms. The standard InChI is InChI=1S/C13H17BrO10/c1-24-9(19)8(18)11(21,2-5-15)13(23,4-7-17)12(22,3-6-16)10(14)20/h5-8,18,21-23H,2-4H2,1H3/t8-,11-,12+,13+/m1/s1/i5D,6D,7D. The van der Waals surface area contributed by atoms with Gasteiger partial charge in [-0.3, -0.25) is 4.79 Å². The number of ether oxygens (including phenoxy) is 1. The second-order valence-corrected chi connectivity index (χ2v) is 5.53. The number of hydrogen-bond donors (Lipinski definition) is 4. The lowest BCUT2D eigenvalue weighted by Gasteiger charge is -2.50. The lowest BCUT2D eigenvalue weighted by molar-refractivity contribution is -0.263. The zero-order chi connectivity index (χ0) is 21.8. The Balaban J connectivity index is 6.96. The number of aldehydes is 3. The number of rotatable bonds is 11. The van der Waals surface area contributed by atoms with Gasteiger partial charge in [0, 0.05) is 19.3 Å². The van der Waals surface area contributed by atoms with E-state index in [4.69, 9.17) is 4.11 Å². The van der Waals surface area contributed by atoms with Gasteiger partial charge in [0.15, 0.2) is 11.7 Å². The molecule has 0 spiro atoms. The third kappa shape index (κ3) is 3.59. The van der Waals surface area contributed by atoms with E-state index >= 15 is 0 Å². The van der Waals surface area contributed by atoms with Gasteiger partial charge in [0.1, 0.15) is 34.1 Å². The third-order valence-electron chi connectivity index (χ3n) is 3.60. The highest BCUT2D eigenvalue weighted by molar-refractivity contribution is 9.18. The molecule has 0 radical (unpaired) electrons. The van der Waals surface area contributed by atoms with Crippen LogP contribution in [0.25, 0.3) is 0 Å². The first-order valence-electron chi connectivity index (χ1n) is 7.70. The number of halogens is 1. The number of esters is 1. The molecule has 0 aliphatic heterocycles. The quantitative estimate of drug-likeness (QED) is 0.159. The summed E-state index contributed by atoms with van der Waals surface area (Å²) in [5, 5.41) is 42.2. The van der Waals surface area contributed by atoms with E-state index < -0.39 is 71.6 Å². The molecule has 0 saturated heterocycles. The minimum atomic E-state index is -3.74. The van der Waals surface area contributed by atoms with Crippen LogP contribution < -0.4 is 0 Å². The molecule has 4 atom stereocenters. The number of methoxy groups -OCH3 is 1. The smallest absolute Gasteiger partial charge is 0.337 e. The zero-order valence-corrected chi connectivity index (χ0v) is 13.9. The Bertz CT molecular complexity index is 658. The molecule has 0 aromatic heterocycles. The normalized spacial score (nSPS) is 21.5. The van der Waals surface area contributed by atoms with E-state index in [9.17, 15) is 44.4 Å². The van der Waals surface area contributed by atoms with Crippen LogP contribution in [0.3, 0.4) is 0 Å². The number of aliphatic hydroxyl groups is 4. The first-order valence-corrected chi connectivity index (χ1v) is 6.99. The van der Waals surface area contributed by atoms with E-state index in [0.717, 1.165) is 7.11 Å². The van der Waals surface area contributed by atoms with E-state index in [2.05, 4.69) is 20.7 Å². The van der Waals surface area contributed by atoms with Crippen LogP contribution in [-0.4, -0.2) is 79.9 Å². The average molecular weight is 416 g/mol. The van der Waals surface area contributed by atoms with Gasteiger partial charge in [-0.1, -0.05) is 0 Å². The number of carbonyl (C=O) groups is 5. The summed E-state index contributed by atoms with van der Waals surface area (Å²) in [5.41, 5.74) is -10.9. The summed E-state index contributed by atoms with van der Waals surface area (Å²) >= 11 is 2.22. The van der Waals surface area contributed by atoms with Crippen LogP contribution in [0.1, 0.15) is 23.4 Å². The summed E-state index contributed by atoms with van der Waals surface area (Å²) in [7, 11) is 0.721. The van der Waals surface area contributed by atoms with E-state index in [-0.39, 0.29) is 0 Å². The Morgan fingerprint density at radius 1 is 1.12 bits per heavy atom. The van der Waals surface area contributed by atoms with E-state index in [1.807, 2.05) is 0 Å². The predicted molar refractivity (Wildman–Crippen MR) is 78.8 cm³/mol. The van der Waals surface area contributed by atoms with Crippen molar-refractivity contribution in [3.8, 4) is 0 Å². The first-order chi connectivity index (χ1) is 12.1. The van der Waals surface area contributed by atoms with Gasteiger partial charge in [0.2, 0.25) is 4.69 Å². The SMILES string of the molecule is [2H]C(=O)C[C@](O)([C@@](O)(CC([2H])=O)[C@H](O)C(=O)OC)[C@](O)(CC([2H])=O)C(=O)Br. The third-order valence-corrected chi connectivity index (χ3v) is 4.26. The van der Waals surface area contributed by atoms with Gasteiger partial charge >= 0.3 is 5.97 Å². The maximum atomic E-state index is 11.9. The van der Waals surface area contributed by atoms with Crippen LogP contribution in [0.5, 0.6) is 0 Å². The Morgan fingerprint density at radius 3 is 1.92 bits per heavy atom. The van der Waals surface area contributed by atoms with Crippen LogP contribution in [0.15, 0.2) is 0 Å². The Morgan fingerprint density at radius 2 is 1.58 bits per heavy atom. The fourth-order valence-corrected chi connectivity index (χ4v) is 2.60. The van der Waals surface area contributed by atoms with Crippen molar-refractivity contribution in [1.82, 2.24) is 0 Å². The molecular formula is C13H17BrO10. The fourth-order valence-electron chi connectivity index (χ4n) is 2.13. The molecule has 24 heavy (non-hydrogen) atoms.